The molecule has 0 saturated heterocycles. The van der Waals surface area contributed by atoms with Gasteiger partial charge in [-0.3, -0.25) is 0 Å². The predicted octanol–water partition coefficient (Wildman–Crippen LogP) is 2.93. The van der Waals surface area contributed by atoms with E-state index in [1.54, 1.807) is 7.11 Å². The van der Waals surface area contributed by atoms with Crippen LogP contribution in [0.2, 0.25) is 0 Å². The van der Waals surface area contributed by atoms with Crippen LogP contribution in [-0.2, 0) is 19.4 Å². The van der Waals surface area contributed by atoms with E-state index in [0.29, 0.717) is 5.92 Å². The highest BCUT2D eigenvalue weighted by molar-refractivity contribution is 5.69. The third-order valence-corrected chi connectivity index (χ3v) is 3.88. The first-order chi connectivity index (χ1) is 10.2. The number of aromatic amines is 1. The van der Waals surface area contributed by atoms with E-state index < -0.39 is 0 Å². The van der Waals surface area contributed by atoms with Gasteiger partial charge >= 0.3 is 0 Å². The Kier molecular flexibility index (Phi) is 3.97. The van der Waals surface area contributed by atoms with Crippen LogP contribution in [0, 0.1) is 5.92 Å². The number of nitrogens with zero attached hydrogens (tertiary/aromatic N) is 1. The van der Waals surface area contributed by atoms with Crippen molar-refractivity contribution in [3.63, 3.8) is 0 Å². The number of methoxy groups -OCH3 is 1. The molecular formula is C17H23N3O. The Hall–Kier alpha value is -1.81. The van der Waals surface area contributed by atoms with Crippen molar-refractivity contribution in [3.05, 3.63) is 35.3 Å². The zero-order valence-corrected chi connectivity index (χ0v) is 13.0. The van der Waals surface area contributed by atoms with Gasteiger partial charge in [0.2, 0.25) is 0 Å². The number of ether oxygens (including phenoxy) is 1. The van der Waals surface area contributed by atoms with Crippen molar-refractivity contribution < 1.29 is 4.74 Å². The van der Waals surface area contributed by atoms with Crippen molar-refractivity contribution in [3.8, 4) is 17.0 Å². The van der Waals surface area contributed by atoms with Crippen LogP contribution >= 0.6 is 0 Å². The van der Waals surface area contributed by atoms with Crippen LogP contribution in [0.25, 0.3) is 11.3 Å². The van der Waals surface area contributed by atoms with Crippen molar-refractivity contribution >= 4 is 0 Å². The lowest BCUT2D eigenvalue weighted by Crippen LogP contribution is -2.19. The van der Waals surface area contributed by atoms with E-state index in [0.717, 1.165) is 43.2 Å². The summed E-state index contributed by atoms with van der Waals surface area (Å²) >= 11 is 0. The van der Waals surface area contributed by atoms with Crippen LogP contribution in [0.4, 0.5) is 0 Å². The summed E-state index contributed by atoms with van der Waals surface area (Å²) in [4.78, 5) is 8.26. The summed E-state index contributed by atoms with van der Waals surface area (Å²) in [7, 11) is 1.71. The number of imidazole rings is 1. The van der Waals surface area contributed by atoms with Gasteiger partial charge in [-0.25, -0.2) is 4.98 Å². The van der Waals surface area contributed by atoms with Gasteiger partial charge in [0, 0.05) is 11.3 Å². The highest BCUT2D eigenvalue weighted by Crippen LogP contribution is 2.33. The molecule has 0 aliphatic heterocycles. The Bertz CT molecular complexity index is 631. The summed E-state index contributed by atoms with van der Waals surface area (Å²) < 4.78 is 5.31. The molecule has 0 radical (unpaired) electrons. The van der Waals surface area contributed by atoms with Crippen molar-refractivity contribution in [2.24, 2.45) is 5.92 Å². The molecule has 3 rings (SSSR count). The van der Waals surface area contributed by atoms with Crippen LogP contribution in [-0.4, -0.2) is 23.6 Å². The number of rotatable bonds is 5. The summed E-state index contributed by atoms with van der Waals surface area (Å²) in [6.07, 6.45) is 2.06. The fourth-order valence-electron chi connectivity index (χ4n) is 2.82. The molecule has 0 atom stereocenters. The van der Waals surface area contributed by atoms with Gasteiger partial charge in [0.25, 0.3) is 0 Å². The Labute approximate surface area is 125 Å². The summed E-state index contributed by atoms with van der Waals surface area (Å²) in [6.45, 7) is 6.24. The molecule has 2 aromatic rings. The van der Waals surface area contributed by atoms with E-state index in [-0.39, 0.29) is 0 Å². The molecule has 0 spiro atoms. The minimum atomic E-state index is 0.655. The van der Waals surface area contributed by atoms with Crippen molar-refractivity contribution in [2.45, 2.75) is 33.2 Å². The zero-order valence-electron chi connectivity index (χ0n) is 13.0. The summed E-state index contributed by atoms with van der Waals surface area (Å²) in [6, 6.07) is 6.27. The lowest BCUT2D eigenvalue weighted by molar-refractivity contribution is 0.414. The average Bonchev–Trinajstić information content (AvgIpc) is 2.89. The third-order valence-electron chi connectivity index (χ3n) is 3.88. The second-order valence-electron chi connectivity index (χ2n) is 6.06. The summed E-state index contributed by atoms with van der Waals surface area (Å²) in [5.74, 6) is 2.61. The third kappa shape index (κ3) is 2.95. The highest BCUT2D eigenvalue weighted by atomic mass is 16.5. The smallest absolute Gasteiger partial charge is 0.121 e. The zero-order chi connectivity index (χ0) is 14.8. The van der Waals surface area contributed by atoms with E-state index in [9.17, 15) is 0 Å². The largest absolute Gasteiger partial charge is 0.497 e. The molecule has 1 aromatic carbocycles. The number of hydrogen-bond donors (Lipinski definition) is 2. The molecule has 112 valence electrons. The molecule has 0 fully saturated rings. The number of hydrogen-bond acceptors (Lipinski definition) is 3. The quantitative estimate of drug-likeness (QED) is 0.888. The van der Waals surface area contributed by atoms with Gasteiger partial charge in [-0.2, -0.15) is 0 Å². The molecule has 0 saturated carbocycles. The van der Waals surface area contributed by atoms with Crippen LogP contribution < -0.4 is 10.1 Å². The second-order valence-corrected chi connectivity index (χ2v) is 6.06. The van der Waals surface area contributed by atoms with Gasteiger partial charge in [-0.05, 0) is 49.1 Å². The molecule has 4 heteroatoms. The number of benzene rings is 1. The number of aromatic nitrogens is 2. The average molecular weight is 285 g/mol. The number of nitrogens with one attached hydrogen (secondary N) is 2. The molecule has 2 N–H and O–H groups in total. The fourth-order valence-corrected chi connectivity index (χ4v) is 2.82. The van der Waals surface area contributed by atoms with Crippen LogP contribution in [0.1, 0.15) is 30.9 Å². The fraction of sp³-hybridized carbons (Fsp3) is 0.471. The van der Waals surface area contributed by atoms with Crippen LogP contribution in [0.5, 0.6) is 5.75 Å². The van der Waals surface area contributed by atoms with Gasteiger partial charge < -0.3 is 15.0 Å². The Balaban J connectivity index is 1.82. The SMILES string of the molecule is COc1ccc2c(c1)CCc1[nH]c(CNCC(C)C)nc1-2. The van der Waals surface area contributed by atoms with E-state index in [4.69, 9.17) is 9.72 Å². The maximum Gasteiger partial charge on any atom is 0.121 e. The maximum atomic E-state index is 5.31. The van der Waals surface area contributed by atoms with Crippen LogP contribution in [0.3, 0.4) is 0 Å². The van der Waals surface area contributed by atoms with Crippen LogP contribution in [0.15, 0.2) is 18.2 Å². The normalized spacial score (nSPS) is 13.1. The van der Waals surface area contributed by atoms with Gasteiger partial charge in [-0.15, -0.1) is 0 Å². The van der Waals surface area contributed by atoms with E-state index in [1.807, 2.05) is 6.07 Å². The minimum absolute atomic E-state index is 0.655. The first kappa shape index (κ1) is 14.1. The van der Waals surface area contributed by atoms with Gasteiger partial charge in [-0.1, -0.05) is 13.8 Å². The molecule has 1 aliphatic carbocycles. The molecule has 1 aromatic heterocycles. The Morgan fingerprint density at radius 2 is 2.19 bits per heavy atom. The molecule has 0 amide bonds. The highest BCUT2D eigenvalue weighted by Gasteiger charge is 2.20. The number of fused-ring (bicyclic) bond motifs is 3. The molecule has 1 heterocycles. The minimum Gasteiger partial charge on any atom is -0.497 e. The topological polar surface area (TPSA) is 49.9 Å². The van der Waals surface area contributed by atoms with Gasteiger partial charge in [0.05, 0.1) is 19.3 Å². The standard InChI is InChI=1S/C17H23N3O/c1-11(2)9-18-10-16-19-15-7-4-12-8-13(21-3)5-6-14(12)17(15)20-16/h5-6,8,11,18H,4,7,9-10H2,1-3H3,(H,19,20). The van der Waals surface area contributed by atoms with E-state index in [1.165, 1.54) is 16.8 Å². The predicted molar refractivity (Wildman–Crippen MR) is 84.5 cm³/mol. The number of H-pyrrole nitrogens is 1. The molecule has 0 bridgehead atoms. The first-order valence-electron chi connectivity index (χ1n) is 7.63. The molecule has 21 heavy (non-hydrogen) atoms. The lowest BCUT2D eigenvalue weighted by atomic mass is 9.92. The Morgan fingerprint density at radius 1 is 1.33 bits per heavy atom. The molecule has 1 aliphatic rings. The van der Waals surface area contributed by atoms with Gasteiger partial charge in [0.1, 0.15) is 11.6 Å². The van der Waals surface area contributed by atoms with Crippen molar-refractivity contribution in [1.82, 2.24) is 15.3 Å². The molecule has 4 nitrogen and oxygen atoms in total. The molecular weight excluding hydrogens is 262 g/mol. The van der Waals surface area contributed by atoms with Gasteiger partial charge in [0.15, 0.2) is 0 Å². The van der Waals surface area contributed by atoms with Crippen molar-refractivity contribution in [1.29, 1.82) is 0 Å². The molecule has 0 unspecified atom stereocenters. The second kappa shape index (κ2) is 5.90. The first-order valence-corrected chi connectivity index (χ1v) is 7.63. The maximum absolute atomic E-state index is 5.31. The van der Waals surface area contributed by atoms with E-state index >= 15 is 0 Å². The monoisotopic (exact) mass is 285 g/mol. The summed E-state index contributed by atoms with van der Waals surface area (Å²) in [5.41, 5.74) is 4.94. The number of aryl methyl sites for hydroxylation is 2. The Morgan fingerprint density at radius 3 is 2.95 bits per heavy atom. The summed E-state index contributed by atoms with van der Waals surface area (Å²) in [5, 5.41) is 3.44. The lowest BCUT2D eigenvalue weighted by Gasteiger charge is -2.15. The van der Waals surface area contributed by atoms with Crippen molar-refractivity contribution in [2.75, 3.05) is 13.7 Å². The van der Waals surface area contributed by atoms with E-state index in [2.05, 4.69) is 36.3 Å².